The molecule has 0 saturated carbocycles. The topological polar surface area (TPSA) is 20.2 Å². The van der Waals surface area contributed by atoms with Gasteiger partial charge in [0.05, 0.1) is 0 Å². The van der Waals surface area contributed by atoms with Gasteiger partial charge in [-0.3, -0.25) is 0 Å². The van der Waals surface area contributed by atoms with Gasteiger partial charge in [-0.1, -0.05) is 57.3 Å². The smallest absolute Gasteiger partial charge is 0.115 e. The van der Waals surface area contributed by atoms with E-state index in [0.29, 0.717) is 0 Å². The van der Waals surface area contributed by atoms with Crippen molar-refractivity contribution in [3.63, 3.8) is 0 Å². The van der Waals surface area contributed by atoms with E-state index in [-0.39, 0.29) is 5.75 Å². The van der Waals surface area contributed by atoms with Crippen LogP contribution < -0.4 is 0 Å². The molecule has 0 fully saturated rings. The fourth-order valence-electron chi connectivity index (χ4n) is 1.96. The highest BCUT2D eigenvalue weighted by molar-refractivity contribution is 9.11. The molecule has 0 aliphatic rings. The molecular formula is C15H14Br2O. The van der Waals surface area contributed by atoms with Crippen LogP contribution in [0.4, 0.5) is 0 Å². The molecule has 0 atom stereocenters. The van der Waals surface area contributed by atoms with Crippen molar-refractivity contribution in [1.82, 2.24) is 0 Å². The average Bonchev–Trinajstić information content (AvgIpc) is 2.31. The molecule has 0 aliphatic carbocycles. The molecule has 0 unspecified atom stereocenters. The summed E-state index contributed by atoms with van der Waals surface area (Å²) < 4.78 is 2.15. The summed E-state index contributed by atoms with van der Waals surface area (Å²) in [7, 11) is 0. The minimum Gasteiger partial charge on any atom is -0.508 e. The zero-order chi connectivity index (χ0) is 13.1. The Morgan fingerprint density at radius 1 is 1.00 bits per heavy atom. The standard InChI is InChI=1S/C15H14Br2O/c1-2-3-10-8-13(16)15(14(17)9-10)11-4-6-12(18)7-5-11/h4-9,18H,2-3H2,1H3. The third-order valence-corrected chi connectivity index (χ3v) is 4.05. The maximum absolute atomic E-state index is 9.33. The molecule has 2 aromatic rings. The number of aryl methyl sites for hydroxylation is 1. The molecule has 0 aliphatic heterocycles. The number of aromatic hydroxyl groups is 1. The van der Waals surface area contributed by atoms with Crippen LogP contribution in [-0.2, 0) is 6.42 Å². The van der Waals surface area contributed by atoms with Crippen LogP contribution >= 0.6 is 31.9 Å². The zero-order valence-electron chi connectivity index (χ0n) is 10.1. The number of benzene rings is 2. The largest absolute Gasteiger partial charge is 0.508 e. The van der Waals surface area contributed by atoms with Crippen LogP contribution in [0.15, 0.2) is 45.3 Å². The molecule has 1 N–H and O–H groups in total. The predicted octanol–water partition coefficient (Wildman–Crippen LogP) is 5.54. The fourth-order valence-corrected chi connectivity index (χ4v) is 3.70. The van der Waals surface area contributed by atoms with Crippen LogP contribution in [-0.4, -0.2) is 5.11 Å². The van der Waals surface area contributed by atoms with E-state index in [2.05, 4.69) is 50.9 Å². The van der Waals surface area contributed by atoms with Crippen molar-refractivity contribution in [2.24, 2.45) is 0 Å². The Hall–Kier alpha value is -0.800. The Labute approximate surface area is 124 Å². The van der Waals surface area contributed by atoms with Crippen molar-refractivity contribution in [3.8, 4) is 16.9 Å². The first-order valence-electron chi connectivity index (χ1n) is 5.89. The van der Waals surface area contributed by atoms with Crippen LogP contribution in [0.3, 0.4) is 0 Å². The van der Waals surface area contributed by atoms with E-state index in [4.69, 9.17) is 0 Å². The molecule has 0 aromatic heterocycles. The maximum Gasteiger partial charge on any atom is 0.115 e. The Kier molecular flexibility index (Phi) is 4.46. The lowest BCUT2D eigenvalue weighted by Gasteiger charge is -2.10. The van der Waals surface area contributed by atoms with Gasteiger partial charge in [0.2, 0.25) is 0 Å². The SMILES string of the molecule is CCCc1cc(Br)c(-c2ccc(O)cc2)c(Br)c1. The van der Waals surface area contributed by atoms with Crippen molar-refractivity contribution in [3.05, 3.63) is 50.9 Å². The van der Waals surface area contributed by atoms with Gasteiger partial charge in [0.25, 0.3) is 0 Å². The Morgan fingerprint density at radius 2 is 1.56 bits per heavy atom. The third kappa shape index (κ3) is 2.96. The summed E-state index contributed by atoms with van der Waals surface area (Å²) in [5.41, 5.74) is 3.52. The summed E-state index contributed by atoms with van der Waals surface area (Å²) in [6.45, 7) is 2.18. The van der Waals surface area contributed by atoms with E-state index >= 15 is 0 Å². The first kappa shape index (κ1) is 13.6. The molecule has 1 nitrogen and oxygen atoms in total. The Balaban J connectivity index is 2.48. The highest BCUT2D eigenvalue weighted by Crippen LogP contribution is 2.37. The normalized spacial score (nSPS) is 10.6. The lowest BCUT2D eigenvalue weighted by Crippen LogP contribution is -1.88. The van der Waals surface area contributed by atoms with Gasteiger partial charge in [-0.15, -0.1) is 0 Å². The van der Waals surface area contributed by atoms with E-state index in [1.54, 1.807) is 12.1 Å². The molecule has 0 saturated heterocycles. The fraction of sp³-hybridized carbons (Fsp3) is 0.200. The number of phenolic OH excluding ortho intramolecular Hbond substituents is 1. The lowest BCUT2D eigenvalue weighted by molar-refractivity contribution is 0.475. The van der Waals surface area contributed by atoms with Crippen molar-refractivity contribution in [1.29, 1.82) is 0 Å². The molecule has 0 amide bonds. The molecule has 0 radical (unpaired) electrons. The van der Waals surface area contributed by atoms with Gasteiger partial charge in [-0.25, -0.2) is 0 Å². The van der Waals surface area contributed by atoms with Gasteiger partial charge >= 0.3 is 0 Å². The highest BCUT2D eigenvalue weighted by atomic mass is 79.9. The second-order valence-corrected chi connectivity index (χ2v) is 5.94. The molecule has 2 rings (SSSR count). The summed E-state index contributed by atoms with van der Waals surface area (Å²) in [5, 5.41) is 9.33. The van der Waals surface area contributed by atoms with Crippen LogP contribution in [0, 0.1) is 0 Å². The van der Waals surface area contributed by atoms with Gasteiger partial charge in [0, 0.05) is 14.5 Å². The number of hydrogen-bond acceptors (Lipinski definition) is 1. The lowest BCUT2D eigenvalue weighted by atomic mass is 10.0. The van der Waals surface area contributed by atoms with Crippen molar-refractivity contribution >= 4 is 31.9 Å². The van der Waals surface area contributed by atoms with E-state index in [9.17, 15) is 5.11 Å². The van der Waals surface area contributed by atoms with E-state index in [0.717, 1.165) is 32.9 Å². The van der Waals surface area contributed by atoms with Crippen molar-refractivity contribution < 1.29 is 5.11 Å². The molecule has 18 heavy (non-hydrogen) atoms. The Morgan fingerprint density at radius 3 is 2.06 bits per heavy atom. The number of phenols is 1. The summed E-state index contributed by atoms with van der Waals surface area (Å²) in [6, 6.07) is 11.6. The summed E-state index contributed by atoms with van der Waals surface area (Å²) >= 11 is 7.26. The predicted molar refractivity (Wildman–Crippen MR) is 82.9 cm³/mol. The molecule has 0 heterocycles. The molecular weight excluding hydrogens is 356 g/mol. The second-order valence-electron chi connectivity index (χ2n) is 4.23. The van der Waals surface area contributed by atoms with Crippen LogP contribution in [0.25, 0.3) is 11.1 Å². The van der Waals surface area contributed by atoms with Crippen LogP contribution in [0.5, 0.6) is 5.75 Å². The molecule has 3 heteroatoms. The van der Waals surface area contributed by atoms with Gasteiger partial charge < -0.3 is 5.11 Å². The van der Waals surface area contributed by atoms with Crippen molar-refractivity contribution in [2.75, 3.05) is 0 Å². The first-order valence-corrected chi connectivity index (χ1v) is 7.47. The molecule has 2 aromatic carbocycles. The number of halogens is 2. The van der Waals surface area contributed by atoms with E-state index in [1.165, 1.54) is 5.56 Å². The summed E-state index contributed by atoms with van der Waals surface area (Å²) in [4.78, 5) is 0. The summed E-state index contributed by atoms with van der Waals surface area (Å²) in [6.07, 6.45) is 2.21. The van der Waals surface area contributed by atoms with Crippen LogP contribution in [0.1, 0.15) is 18.9 Å². The molecule has 0 spiro atoms. The average molecular weight is 370 g/mol. The monoisotopic (exact) mass is 368 g/mol. The minimum absolute atomic E-state index is 0.286. The third-order valence-electron chi connectivity index (χ3n) is 2.80. The number of rotatable bonds is 3. The van der Waals surface area contributed by atoms with Crippen molar-refractivity contribution in [2.45, 2.75) is 19.8 Å². The van der Waals surface area contributed by atoms with Gasteiger partial charge in [-0.05, 0) is 41.8 Å². The second kappa shape index (κ2) is 5.89. The first-order chi connectivity index (χ1) is 8.61. The van der Waals surface area contributed by atoms with Gasteiger partial charge in [0.15, 0.2) is 0 Å². The quantitative estimate of drug-likeness (QED) is 0.753. The number of hydrogen-bond donors (Lipinski definition) is 1. The molecule has 0 bridgehead atoms. The zero-order valence-corrected chi connectivity index (χ0v) is 13.3. The van der Waals surface area contributed by atoms with Crippen LogP contribution in [0.2, 0.25) is 0 Å². The minimum atomic E-state index is 0.286. The van der Waals surface area contributed by atoms with Gasteiger partial charge in [-0.2, -0.15) is 0 Å². The molecule has 94 valence electrons. The summed E-state index contributed by atoms with van der Waals surface area (Å²) in [5.74, 6) is 0.286. The van der Waals surface area contributed by atoms with E-state index in [1.807, 2.05) is 12.1 Å². The Bertz CT molecular complexity index is 524. The highest BCUT2D eigenvalue weighted by Gasteiger charge is 2.09. The maximum atomic E-state index is 9.33. The van der Waals surface area contributed by atoms with E-state index < -0.39 is 0 Å². The van der Waals surface area contributed by atoms with Gasteiger partial charge in [0.1, 0.15) is 5.75 Å².